The van der Waals surface area contributed by atoms with Gasteiger partial charge < -0.3 is 10.0 Å². The summed E-state index contributed by atoms with van der Waals surface area (Å²) in [5.74, 6) is 0.554. The van der Waals surface area contributed by atoms with Crippen LogP contribution in [-0.2, 0) is 4.79 Å². The van der Waals surface area contributed by atoms with Crippen LogP contribution in [0.5, 0.6) is 0 Å². The van der Waals surface area contributed by atoms with E-state index in [1.165, 1.54) is 0 Å². The molecule has 0 unspecified atom stereocenters. The van der Waals surface area contributed by atoms with Crippen LogP contribution in [0.4, 0.5) is 0 Å². The number of rotatable bonds is 1. The minimum atomic E-state index is -0.289. The van der Waals surface area contributed by atoms with Gasteiger partial charge in [-0.25, -0.2) is 0 Å². The van der Waals surface area contributed by atoms with Crippen LogP contribution < -0.4 is 0 Å². The Balaban J connectivity index is 2.50. The van der Waals surface area contributed by atoms with Crippen LogP contribution in [0.15, 0.2) is 0 Å². The molecule has 4 heteroatoms. The maximum absolute atomic E-state index is 11.6. The summed E-state index contributed by atoms with van der Waals surface area (Å²) in [6.07, 6.45) is 2.24. The van der Waals surface area contributed by atoms with E-state index in [0.29, 0.717) is 12.2 Å². The second kappa shape index (κ2) is 4.14. The third-order valence-electron chi connectivity index (χ3n) is 2.94. The predicted octanol–water partition coefficient (Wildman–Crippen LogP) is -0.343. The van der Waals surface area contributed by atoms with Crippen molar-refractivity contribution in [3.05, 3.63) is 0 Å². The maximum atomic E-state index is 11.6. The molecule has 3 atom stereocenters. The summed E-state index contributed by atoms with van der Waals surface area (Å²) in [7, 11) is 5.58. The second-order valence-corrected chi connectivity index (χ2v) is 4.29. The monoisotopic (exact) mass is 183 g/mol. The number of carbonyl (C=O) groups is 1. The summed E-state index contributed by atoms with van der Waals surface area (Å²) < 4.78 is 0. The molecule has 0 spiro atoms. The van der Waals surface area contributed by atoms with E-state index in [0.717, 1.165) is 12.8 Å². The highest BCUT2D eigenvalue weighted by atomic mass is 16.3. The summed E-state index contributed by atoms with van der Waals surface area (Å²) in [6.45, 7) is 0. The van der Waals surface area contributed by atoms with Crippen LogP contribution in [0.2, 0.25) is 5.82 Å². The Morgan fingerprint density at radius 2 is 2.08 bits per heavy atom. The van der Waals surface area contributed by atoms with Gasteiger partial charge in [0.05, 0.1) is 6.10 Å². The van der Waals surface area contributed by atoms with Gasteiger partial charge in [0.15, 0.2) is 0 Å². The normalized spacial score (nSPS) is 34.2. The summed E-state index contributed by atoms with van der Waals surface area (Å²) in [6, 6.07) is 0. The molecule has 3 nitrogen and oxygen atoms in total. The van der Waals surface area contributed by atoms with Crippen LogP contribution in [0.1, 0.15) is 19.3 Å². The molecule has 1 fully saturated rings. The molecular weight excluding hydrogens is 165 g/mol. The summed E-state index contributed by atoms with van der Waals surface area (Å²) >= 11 is 0. The van der Waals surface area contributed by atoms with Crippen LogP contribution in [0, 0.1) is 5.92 Å². The molecular formula is C9H18BNO2. The van der Waals surface area contributed by atoms with Crippen molar-refractivity contribution >= 4 is 13.8 Å². The van der Waals surface area contributed by atoms with E-state index in [9.17, 15) is 9.90 Å². The van der Waals surface area contributed by atoms with Gasteiger partial charge in [-0.2, -0.15) is 0 Å². The van der Waals surface area contributed by atoms with E-state index in [2.05, 4.69) is 0 Å². The first-order valence-corrected chi connectivity index (χ1v) is 4.91. The molecule has 1 amide bonds. The Morgan fingerprint density at radius 1 is 1.46 bits per heavy atom. The molecule has 0 aromatic carbocycles. The molecule has 0 heterocycles. The zero-order chi connectivity index (χ0) is 10.0. The van der Waals surface area contributed by atoms with E-state index in [-0.39, 0.29) is 17.9 Å². The third kappa shape index (κ3) is 2.47. The van der Waals surface area contributed by atoms with E-state index in [4.69, 9.17) is 0 Å². The standard InChI is InChI=1S/C9H18BNO2/c1-11(2)9(13)6-3-4-7(10)8(12)5-6/h6-8,12H,3-5,10H2,1-2H3/t6-,7-,8-/m0/s1. The van der Waals surface area contributed by atoms with Gasteiger partial charge in [-0.15, -0.1) is 0 Å². The molecule has 1 aliphatic rings. The molecule has 1 aliphatic carbocycles. The van der Waals surface area contributed by atoms with E-state index in [1.807, 2.05) is 7.85 Å². The summed E-state index contributed by atoms with van der Waals surface area (Å²) in [5.41, 5.74) is 0. The Bertz CT molecular complexity index is 196. The van der Waals surface area contributed by atoms with Crippen molar-refractivity contribution in [2.75, 3.05) is 14.1 Å². The van der Waals surface area contributed by atoms with E-state index < -0.39 is 0 Å². The quantitative estimate of drug-likeness (QED) is 0.565. The number of aliphatic hydroxyl groups excluding tert-OH is 1. The molecule has 1 rings (SSSR count). The van der Waals surface area contributed by atoms with Crippen molar-refractivity contribution in [1.82, 2.24) is 4.90 Å². The molecule has 0 aliphatic heterocycles. The summed E-state index contributed by atoms with van der Waals surface area (Å²) in [5, 5.41) is 9.61. The largest absolute Gasteiger partial charge is 0.394 e. The highest BCUT2D eigenvalue weighted by Gasteiger charge is 2.30. The first-order chi connectivity index (χ1) is 6.02. The number of aliphatic hydroxyl groups is 1. The zero-order valence-corrected chi connectivity index (χ0v) is 8.66. The fourth-order valence-electron chi connectivity index (χ4n) is 1.89. The van der Waals surface area contributed by atoms with Gasteiger partial charge in [0.25, 0.3) is 0 Å². The molecule has 1 N–H and O–H groups in total. The molecule has 0 radical (unpaired) electrons. The molecule has 0 saturated heterocycles. The smallest absolute Gasteiger partial charge is 0.225 e. The minimum Gasteiger partial charge on any atom is -0.394 e. The predicted molar refractivity (Wildman–Crippen MR) is 54.3 cm³/mol. The average molecular weight is 183 g/mol. The van der Waals surface area contributed by atoms with Gasteiger partial charge in [-0.3, -0.25) is 4.79 Å². The first-order valence-electron chi connectivity index (χ1n) is 4.91. The van der Waals surface area contributed by atoms with Crippen molar-refractivity contribution in [3.8, 4) is 0 Å². The van der Waals surface area contributed by atoms with Gasteiger partial charge in [0.1, 0.15) is 7.85 Å². The number of carbonyl (C=O) groups excluding carboxylic acids is 1. The zero-order valence-electron chi connectivity index (χ0n) is 8.66. The lowest BCUT2D eigenvalue weighted by Gasteiger charge is -2.31. The SMILES string of the molecule is B[C@H]1CC[C@H](C(=O)N(C)C)C[C@@H]1O. The van der Waals surface area contributed by atoms with E-state index >= 15 is 0 Å². The van der Waals surface area contributed by atoms with E-state index in [1.54, 1.807) is 19.0 Å². The number of hydrogen-bond acceptors (Lipinski definition) is 2. The minimum absolute atomic E-state index is 0.0428. The Kier molecular flexibility index (Phi) is 3.36. The highest BCUT2D eigenvalue weighted by Crippen LogP contribution is 2.31. The van der Waals surface area contributed by atoms with Crippen LogP contribution in [-0.4, -0.2) is 44.0 Å². The molecule has 0 aromatic heterocycles. The lowest BCUT2D eigenvalue weighted by atomic mass is 9.70. The topological polar surface area (TPSA) is 40.5 Å². The molecule has 74 valence electrons. The van der Waals surface area contributed by atoms with Crippen molar-refractivity contribution < 1.29 is 9.90 Å². The van der Waals surface area contributed by atoms with Crippen molar-refractivity contribution in [3.63, 3.8) is 0 Å². The van der Waals surface area contributed by atoms with Crippen LogP contribution in [0.3, 0.4) is 0 Å². The lowest BCUT2D eigenvalue weighted by molar-refractivity contribution is -0.135. The van der Waals surface area contributed by atoms with Crippen molar-refractivity contribution in [2.45, 2.75) is 31.2 Å². The first kappa shape index (κ1) is 10.6. The fourth-order valence-corrected chi connectivity index (χ4v) is 1.89. The molecule has 0 bridgehead atoms. The highest BCUT2D eigenvalue weighted by molar-refractivity contribution is 6.12. The molecule has 1 saturated carbocycles. The Labute approximate surface area is 80.5 Å². The third-order valence-corrected chi connectivity index (χ3v) is 2.94. The van der Waals surface area contributed by atoms with Gasteiger partial charge in [0.2, 0.25) is 5.91 Å². The Hall–Kier alpha value is -0.505. The maximum Gasteiger partial charge on any atom is 0.225 e. The fraction of sp³-hybridized carbons (Fsp3) is 0.889. The van der Waals surface area contributed by atoms with Gasteiger partial charge >= 0.3 is 0 Å². The lowest BCUT2D eigenvalue weighted by Crippen LogP contribution is -2.36. The molecule has 0 aromatic rings. The number of nitrogens with zero attached hydrogens (tertiary/aromatic N) is 1. The summed E-state index contributed by atoms with van der Waals surface area (Å²) in [4.78, 5) is 13.2. The van der Waals surface area contributed by atoms with Crippen LogP contribution >= 0.6 is 0 Å². The van der Waals surface area contributed by atoms with Crippen molar-refractivity contribution in [1.29, 1.82) is 0 Å². The van der Waals surface area contributed by atoms with Crippen LogP contribution in [0.25, 0.3) is 0 Å². The average Bonchev–Trinajstić information content (AvgIpc) is 2.08. The van der Waals surface area contributed by atoms with Crippen molar-refractivity contribution in [2.24, 2.45) is 5.92 Å². The second-order valence-electron chi connectivity index (χ2n) is 4.29. The number of hydrogen-bond donors (Lipinski definition) is 1. The Morgan fingerprint density at radius 3 is 2.54 bits per heavy atom. The molecule has 13 heavy (non-hydrogen) atoms. The number of amides is 1. The van der Waals surface area contributed by atoms with Gasteiger partial charge in [-0.1, -0.05) is 6.42 Å². The van der Waals surface area contributed by atoms with Gasteiger partial charge in [0, 0.05) is 20.0 Å². The van der Waals surface area contributed by atoms with Gasteiger partial charge in [-0.05, 0) is 18.7 Å².